The average Bonchev–Trinajstić information content (AvgIpc) is 3.17. The quantitative estimate of drug-likeness (QED) is 0.811. The predicted molar refractivity (Wildman–Crippen MR) is 84.8 cm³/mol. The number of carbonyl (C=O) groups excluding carboxylic acids is 1. The molecule has 2 aliphatic rings. The maximum Gasteiger partial charge on any atom is 0.289 e. The van der Waals surface area contributed by atoms with E-state index < -0.39 is 10.0 Å². The van der Waals surface area contributed by atoms with E-state index in [2.05, 4.69) is 4.90 Å². The Morgan fingerprint density at radius 1 is 1.09 bits per heavy atom. The summed E-state index contributed by atoms with van der Waals surface area (Å²) in [4.78, 5) is 16.5. The van der Waals surface area contributed by atoms with Gasteiger partial charge in [0.05, 0.1) is 0 Å². The highest BCUT2D eigenvalue weighted by Crippen LogP contribution is 2.27. The highest BCUT2D eigenvalue weighted by atomic mass is 32.2. The Labute approximate surface area is 136 Å². The van der Waals surface area contributed by atoms with E-state index in [4.69, 9.17) is 4.42 Å². The summed E-state index contributed by atoms with van der Waals surface area (Å²) < 4.78 is 32.2. The van der Waals surface area contributed by atoms with Crippen molar-refractivity contribution in [3.8, 4) is 0 Å². The third-order valence-corrected chi connectivity index (χ3v) is 6.56. The number of likely N-dealkylation sites (N-methyl/N-ethyl adjacent to an activating group) is 1. The third-order valence-electron chi connectivity index (χ3n) is 4.56. The lowest BCUT2D eigenvalue weighted by Gasteiger charge is -2.31. The number of carbonyl (C=O) groups is 1. The molecule has 2 aliphatic heterocycles. The molecule has 23 heavy (non-hydrogen) atoms. The number of furan rings is 1. The molecular weight excluding hydrogens is 318 g/mol. The van der Waals surface area contributed by atoms with Crippen molar-refractivity contribution in [2.24, 2.45) is 0 Å². The minimum Gasteiger partial charge on any atom is -0.455 e. The number of aryl methyl sites for hydroxylation is 1. The molecule has 3 rings (SSSR count). The molecule has 8 heteroatoms. The van der Waals surface area contributed by atoms with E-state index in [-0.39, 0.29) is 22.3 Å². The summed E-state index contributed by atoms with van der Waals surface area (Å²) >= 11 is 0. The van der Waals surface area contributed by atoms with Gasteiger partial charge < -0.3 is 14.2 Å². The summed E-state index contributed by atoms with van der Waals surface area (Å²) in [5, 5.41) is 0. The van der Waals surface area contributed by atoms with Crippen LogP contribution in [-0.2, 0) is 10.0 Å². The molecule has 0 aliphatic carbocycles. The number of nitrogens with zero attached hydrogens (tertiary/aromatic N) is 3. The molecule has 2 fully saturated rings. The molecule has 0 unspecified atom stereocenters. The van der Waals surface area contributed by atoms with Crippen molar-refractivity contribution >= 4 is 15.9 Å². The van der Waals surface area contributed by atoms with Crippen molar-refractivity contribution in [2.75, 3.05) is 46.3 Å². The molecule has 128 valence electrons. The smallest absolute Gasteiger partial charge is 0.289 e. The number of hydrogen-bond donors (Lipinski definition) is 0. The summed E-state index contributed by atoms with van der Waals surface area (Å²) in [6, 6.07) is 1.39. The Kier molecular flexibility index (Phi) is 4.48. The van der Waals surface area contributed by atoms with Crippen LogP contribution >= 0.6 is 0 Å². The van der Waals surface area contributed by atoms with E-state index in [9.17, 15) is 13.2 Å². The highest BCUT2D eigenvalue weighted by Gasteiger charge is 2.32. The van der Waals surface area contributed by atoms with Gasteiger partial charge in [-0.1, -0.05) is 0 Å². The second-order valence-corrected chi connectivity index (χ2v) is 8.14. The van der Waals surface area contributed by atoms with Crippen LogP contribution in [0.4, 0.5) is 0 Å². The average molecular weight is 341 g/mol. The van der Waals surface area contributed by atoms with Crippen molar-refractivity contribution in [3.63, 3.8) is 0 Å². The first-order valence-corrected chi connectivity index (χ1v) is 9.42. The fourth-order valence-corrected chi connectivity index (χ4v) is 4.74. The van der Waals surface area contributed by atoms with Crippen molar-refractivity contribution in [1.29, 1.82) is 0 Å². The van der Waals surface area contributed by atoms with Crippen LogP contribution in [0.5, 0.6) is 0 Å². The standard InChI is InChI=1S/C15H23N3O4S/c1-12-14(23(20,21)18-5-3-4-6-18)11-13(22-12)15(19)17-9-7-16(2)8-10-17/h11H,3-10H2,1-2H3. The first-order chi connectivity index (χ1) is 10.9. The van der Waals surface area contributed by atoms with Gasteiger partial charge in [-0.2, -0.15) is 4.31 Å². The first kappa shape index (κ1) is 16.5. The molecular formula is C15H23N3O4S. The zero-order valence-corrected chi connectivity index (χ0v) is 14.4. The van der Waals surface area contributed by atoms with Crippen molar-refractivity contribution in [1.82, 2.24) is 14.1 Å². The minimum absolute atomic E-state index is 0.116. The Morgan fingerprint density at radius 2 is 1.70 bits per heavy atom. The van der Waals surface area contributed by atoms with Gasteiger partial charge in [0.1, 0.15) is 10.7 Å². The molecule has 0 atom stereocenters. The second-order valence-electron chi connectivity index (χ2n) is 6.24. The van der Waals surface area contributed by atoms with Crippen LogP contribution in [0, 0.1) is 6.92 Å². The minimum atomic E-state index is -3.56. The summed E-state index contributed by atoms with van der Waals surface area (Å²) in [5.74, 6) is 0.170. The maximum absolute atomic E-state index is 12.6. The Balaban J connectivity index is 1.82. The molecule has 7 nitrogen and oxygen atoms in total. The summed E-state index contributed by atoms with van der Waals surface area (Å²) in [6.07, 6.45) is 1.76. The number of amides is 1. The number of piperazine rings is 1. The van der Waals surface area contributed by atoms with E-state index in [0.29, 0.717) is 26.2 Å². The van der Waals surface area contributed by atoms with E-state index in [1.807, 2.05) is 7.05 Å². The molecule has 0 saturated carbocycles. The van der Waals surface area contributed by atoms with Crippen molar-refractivity contribution < 1.29 is 17.6 Å². The van der Waals surface area contributed by atoms with E-state index >= 15 is 0 Å². The van der Waals surface area contributed by atoms with E-state index in [1.165, 1.54) is 10.4 Å². The molecule has 1 aromatic rings. The molecule has 2 saturated heterocycles. The van der Waals surface area contributed by atoms with E-state index in [1.54, 1.807) is 11.8 Å². The predicted octanol–water partition coefficient (Wildman–Crippen LogP) is 0.760. The van der Waals surface area contributed by atoms with Crippen molar-refractivity contribution in [2.45, 2.75) is 24.7 Å². The van der Waals surface area contributed by atoms with Gasteiger partial charge in [-0.05, 0) is 26.8 Å². The molecule has 0 spiro atoms. The molecule has 3 heterocycles. The lowest BCUT2D eigenvalue weighted by molar-refractivity contribution is 0.0631. The van der Waals surface area contributed by atoms with Gasteiger partial charge in [0.25, 0.3) is 5.91 Å². The maximum atomic E-state index is 12.6. The lowest BCUT2D eigenvalue weighted by Crippen LogP contribution is -2.47. The molecule has 0 N–H and O–H groups in total. The van der Waals surface area contributed by atoms with Crippen LogP contribution in [0.3, 0.4) is 0 Å². The molecule has 0 bridgehead atoms. The number of hydrogen-bond acceptors (Lipinski definition) is 5. The Bertz CT molecular complexity index is 684. The van der Waals surface area contributed by atoms with Crippen LogP contribution in [0.15, 0.2) is 15.4 Å². The SMILES string of the molecule is Cc1oc(C(=O)N2CCN(C)CC2)cc1S(=O)(=O)N1CCCC1. The third kappa shape index (κ3) is 3.15. The Hall–Kier alpha value is -1.38. The molecule has 0 radical (unpaired) electrons. The fourth-order valence-electron chi connectivity index (χ4n) is 3.06. The largest absolute Gasteiger partial charge is 0.455 e. The van der Waals surface area contributed by atoms with Crippen LogP contribution in [-0.4, -0.2) is 74.7 Å². The van der Waals surface area contributed by atoms with Crippen LogP contribution in [0.25, 0.3) is 0 Å². The topological polar surface area (TPSA) is 74.1 Å². The zero-order valence-electron chi connectivity index (χ0n) is 13.6. The summed E-state index contributed by atoms with van der Waals surface area (Å²) in [5.41, 5.74) is 0. The zero-order chi connectivity index (χ0) is 16.6. The number of rotatable bonds is 3. The Morgan fingerprint density at radius 3 is 2.30 bits per heavy atom. The molecule has 0 aromatic carbocycles. The van der Waals surface area contributed by atoms with Crippen LogP contribution in [0.1, 0.15) is 29.2 Å². The summed E-state index contributed by atoms with van der Waals surface area (Å²) in [7, 11) is -1.55. The van der Waals surface area contributed by atoms with Gasteiger partial charge in [-0.15, -0.1) is 0 Å². The van der Waals surface area contributed by atoms with Gasteiger partial charge >= 0.3 is 0 Å². The fraction of sp³-hybridized carbons (Fsp3) is 0.667. The van der Waals surface area contributed by atoms with E-state index in [0.717, 1.165) is 25.9 Å². The van der Waals surface area contributed by atoms with Gasteiger partial charge in [0.15, 0.2) is 5.76 Å². The normalized spacial score (nSPS) is 21.0. The van der Waals surface area contributed by atoms with Gasteiger partial charge in [0.2, 0.25) is 10.0 Å². The monoisotopic (exact) mass is 341 g/mol. The number of sulfonamides is 1. The van der Waals surface area contributed by atoms with Gasteiger partial charge in [-0.3, -0.25) is 4.79 Å². The van der Waals surface area contributed by atoms with Gasteiger partial charge in [-0.25, -0.2) is 8.42 Å². The first-order valence-electron chi connectivity index (χ1n) is 7.98. The molecule has 1 amide bonds. The van der Waals surface area contributed by atoms with Crippen LogP contribution in [0.2, 0.25) is 0 Å². The van der Waals surface area contributed by atoms with Gasteiger partial charge in [0, 0.05) is 45.3 Å². The van der Waals surface area contributed by atoms with Crippen molar-refractivity contribution in [3.05, 3.63) is 17.6 Å². The molecule has 1 aromatic heterocycles. The lowest BCUT2D eigenvalue weighted by atomic mass is 10.3. The second kappa shape index (κ2) is 6.26. The van der Waals surface area contributed by atoms with Crippen LogP contribution < -0.4 is 0 Å². The summed E-state index contributed by atoms with van der Waals surface area (Å²) in [6.45, 7) is 5.55. The highest BCUT2D eigenvalue weighted by molar-refractivity contribution is 7.89.